The van der Waals surface area contributed by atoms with Gasteiger partial charge in [0.1, 0.15) is 23.8 Å². The molecular weight excluding hydrogens is 498 g/mol. The van der Waals surface area contributed by atoms with Crippen LogP contribution in [0.3, 0.4) is 0 Å². The van der Waals surface area contributed by atoms with Gasteiger partial charge in [-0.3, -0.25) is 4.79 Å². The van der Waals surface area contributed by atoms with Crippen molar-refractivity contribution in [1.29, 1.82) is 0 Å². The van der Waals surface area contributed by atoms with Crippen LogP contribution in [0, 0.1) is 29.4 Å². The van der Waals surface area contributed by atoms with Crippen LogP contribution >= 0.6 is 12.4 Å². The minimum Gasteiger partial charge on any atom is -0.384 e. The second-order valence-corrected chi connectivity index (χ2v) is 10.1. The number of carbonyl (C=O) groups is 1. The molecule has 2 aliphatic heterocycles. The Morgan fingerprint density at radius 2 is 1.70 bits per heavy atom. The van der Waals surface area contributed by atoms with Crippen molar-refractivity contribution < 1.29 is 18.7 Å². The number of aliphatic hydroxyl groups is 1. The maximum absolute atomic E-state index is 14.9. The fraction of sp³-hybridized carbons (Fsp3) is 0.393. The molecule has 0 saturated carbocycles. The number of carbonyl (C=O) groups excluding carboxylic acids is 1. The Balaban J connectivity index is 0.00000320. The number of amides is 1. The average Bonchev–Trinajstić information content (AvgIpc) is 3.32. The number of piperidine rings is 1. The Morgan fingerprint density at radius 3 is 2.32 bits per heavy atom. The van der Waals surface area contributed by atoms with Crippen LogP contribution in [0.5, 0.6) is 0 Å². The number of rotatable bonds is 4. The van der Waals surface area contributed by atoms with E-state index >= 15 is 0 Å². The molecule has 0 spiro atoms. The summed E-state index contributed by atoms with van der Waals surface area (Å²) in [5.41, 5.74) is 0.118. The topological polar surface area (TPSA) is 69.6 Å². The van der Waals surface area contributed by atoms with E-state index in [-0.39, 0.29) is 30.2 Å². The lowest BCUT2D eigenvalue weighted by atomic mass is 9.70. The molecule has 1 N–H and O–H groups in total. The van der Waals surface area contributed by atoms with Crippen LogP contribution in [-0.4, -0.2) is 52.1 Å². The standard InChI is InChI=1S/C28H30F2N4O2.ClH/c1-18-13-34(14-19(2)28(18,36)20-6-4-3-5-7-20)27(35)24-16-33(26-10-11-31-17-32-26)15-23(24)22-9-8-21(29)12-25(22)30;/h3-12,17-19,23-24,36H,13-16H2,1-2H3;1H/t18-,19+,23-,24+,28?;/m0./s1. The van der Waals surface area contributed by atoms with Gasteiger partial charge in [-0.15, -0.1) is 12.4 Å². The summed E-state index contributed by atoms with van der Waals surface area (Å²) in [5.74, 6) is -2.14. The molecule has 2 aliphatic rings. The zero-order valence-electron chi connectivity index (χ0n) is 20.8. The number of aromatic nitrogens is 2. The third kappa shape index (κ3) is 4.92. The molecule has 0 aliphatic carbocycles. The second-order valence-electron chi connectivity index (χ2n) is 10.1. The quantitative estimate of drug-likeness (QED) is 0.543. The molecule has 1 amide bonds. The highest BCUT2D eigenvalue weighted by atomic mass is 35.5. The third-order valence-corrected chi connectivity index (χ3v) is 7.93. The van der Waals surface area contributed by atoms with Crippen LogP contribution < -0.4 is 4.90 Å². The van der Waals surface area contributed by atoms with Gasteiger partial charge in [0.05, 0.1) is 11.5 Å². The highest BCUT2D eigenvalue weighted by Gasteiger charge is 2.49. The summed E-state index contributed by atoms with van der Waals surface area (Å²) < 4.78 is 28.5. The SMILES string of the molecule is C[C@@H]1CN(C(=O)[C@@H]2CN(c3ccncn3)C[C@H]2c2ccc(F)cc2F)C[C@H](C)C1(O)c1ccccc1.Cl. The number of benzene rings is 2. The van der Waals surface area contributed by atoms with Crippen LogP contribution in [0.4, 0.5) is 14.6 Å². The summed E-state index contributed by atoms with van der Waals surface area (Å²) in [5, 5.41) is 11.7. The first-order valence-electron chi connectivity index (χ1n) is 12.3. The first-order valence-corrected chi connectivity index (χ1v) is 12.3. The predicted molar refractivity (Wildman–Crippen MR) is 139 cm³/mol. The van der Waals surface area contributed by atoms with Crippen LogP contribution in [0.15, 0.2) is 67.1 Å². The summed E-state index contributed by atoms with van der Waals surface area (Å²) in [6.45, 7) is 5.43. The molecule has 0 bridgehead atoms. The molecule has 196 valence electrons. The molecule has 37 heavy (non-hydrogen) atoms. The van der Waals surface area contributed by atoms with Gasteiger partial charge in [-0.05, 0) is 23.3 Å². The molecule has 5 atom stereocenters. The summed E-state index contributed by atoms with van der Waals surface area (Å²) in [7, 11) is 0. The Hall–Kier alpha value is -3.10. The zero-order chi connectivity index (χ0) is 25.4. The summed E-state index contributed by atoms with van der Waals surface area (Å²) in [6.07, 6.45) is 3.07. The van der Waals surface area contributed by atoms with Gasteiger partial charge in [0.15, 0.2) is 0 Å². The average molecular weight is 529 g/mol. The molecule has 9 heteroatoms. The number of hydrogen-bond acceptors (Lipinski definition) is 5. The van der Waals surface area contributed by atoms with Gasteiger partial charge in [-0.1, -0.05) is 50.2 Å². The van der Waals surface area contributed by atoms with Crippen molar-refractivity contribution in [3.8, 4) is 0 Å². The molecule has 2 saturated heterocycles. The zero-order valence-corrected chi connectivity index (χ0v) is 21.6. The van der Waals surface area contributed by atoms with Gasteiger partial charge in [-0.2, -0.15) is 0 Å². The van der Waals surface area contributed by atoms with Crippen molar-refractivity contribution in [2.45, 2.75) is 25.4 Å². The maximum Gasteiger partial charge on any atom is 0.228 e. The van der Waals surface area contributed by atoms with Crippen molar-refractivity contribution in [2.75, 3.05) is 31.1 Å². The van der Waals surface area contributed by atoms with E-state index in [0.29, 0.717) is 37.6 Å². The smallest absolute Gasteiger partial charge is 0.228 e. The van der Waals surface area contributed by atoms with E-state index in [0.717, 1.165) is 11.6 Å². The van der Waals surface area contributed by atoms with Gasteiger partial charge >= 0.3 is 0 Å². The Bertz CT molecular complexity index is 1220. The van der Waals surface area contributed by atoms with Gasteiger partial charge in [0.2, 0.25) is 5.91 Å². The molecule has 1 aromatic heterocycles. The van der Waals surface area contributed by atoms with Crippen LogP contribution in [0.2, 0.25) is 0 Å². The third-order valence-electron chi connectivity index (χ3n) is 7.93. The van der Waals surface area contributed by atoms with Crippen molar-refractivity contribution in [2.24, 2.45) is 17.8 Å². The normalized spacial score (nSPS) is 27.6. The second kappa shape index (κ2) is 10.7. The maximum atomic E-state index is 14.9. The molecule has 3 heterocycles. The number of nitrogens with zero attached hydrogens (tertiary/aromatic N) is 4. The number of anilines is 1. The minimum atomic E-state index is -1.05. The molecule has 0 radical (unpaired) electrons. The summed E-state index contributed by atoms with van der Waals surface area (Å²) >= 11 is 0. The number of likely N-dealkylation sites (tertiary alicyclic amines) is 1. The molecule has 6 nitrogen and oxygen atoms in total. The Kier molecular flexibility index (Phi) is 7.80. The van der Waals surface area contributed by atoms with E-state index in [1.54, 1.807) is 17.2 Å². The van der Waals surface area contributed by atoms with Gasteiger partial charge in [0, 0.05) is 56.2 Å². The van der Waals surface area contributed by atoms with E-state index < -0.39 is 29.1 Å². The van der Waals surface area contributed by atoms with E-state index in [2.05, 4.69) is 9.97 Å². The van der Waals surface area contributed by atoms with E-state index in [4.69, 9.17) is 0 Å². The largest absolute Gasteiger partial charge is 0.384 e. The molecule has 1 unspecified atom stereocenters. The first-order chi connectivity index (χ1) is 17.3. The van der Waals surface area contributed by atoms with E-state index in [1.807, 2.05) is 49.1 Å². The molecule has 2 aromatic carbocycles. The Morgan fingerprint density at radius 1 is 1.00 bits per heavy atom. The monoisotopic (exact) mass is 528 g/mol. The van der Waals surface area contributed by atoms with Crippen LogP contribution in [0.25, 0.3) is 0 Å². The first kappa shape index (κ1) is 26.9. The highest BCUT2D eigenvalue weighted by molar-refractivity contribution is 5.85. The molecular formula is C28H31ClF2N4O2. The lowest BCUT2D eigenvalue weighted by Crippen LogP contribution is -2.57. The van der Waals surface area contributed by atoms with Crippen molar-refractivity contribution in [3.63, 3.8) is 0 Å². The summed E-state index contributed by atoms with van der Waals surface area (Å²) in [4.78, 5) is 26.0. The van der Waals surface area contributed by atoms with Crippen molar-refractivity contribution in [1.82, 2.24) is 14.9 Å². The van der Waals surface area contributed by atoms with E-state index in [1.165, 1.54) is 18.5 Å². The van der Waals surface area contributed by atoms with Crippen molar-refractivity contribution in [3.05, 3.63) is 89.9 Å². The summed E-state index contributed by atoms with van der Waals surface area (Å²) in [6, 6.07) is 14.9. The van der Waals surface area contributed by atoms with Gasteiger partial charge < -0.3 is 14.9 Å². The lowest BCUT2D eigenvalue weighted by Gasteiger charge is -2.48. The predicted octanol–water partition coefficient (Wildman–Crippen LogP) is 4.40. The molecule has 5 rings (SSSR count). The van der Waals surface area contributed by atoms with Gasteiger partial charge in [0.25, 0.3) is 0 Å². The fourth-order valence-electron chi connectivity index (χ4n) is 6.02. The minimum absolute atomic E-state index is 0. The van der Waals surface area contributed by atoms with Crippen LogP contribution in [-0.2, 0) is 10.4 Å². The fourth-order valence-corrected chi connectivity index (χ4v) is 6.02. The van der Waals surface area contributed by atoms with Crippen molar-refractivity contribution >= 4 is 24.1 Å². The number of halogens is 3. The lowest BCUT2D eigenvalue weighted by molar-refractivity contribution is -0.152. The highest BCUT2D eigenvalue weighted by Crippen LogP contribution is 2.43. The number of hydrogen-bond donors (Lipinski definition) is 1. The van der Waals surface area contributed by atoms with E-state index in [9.17, 15) is 18.7 Å². The molecule has 2 fully saturated rings. The van der Waals surface area contributed by atoms with Crippen LogP contribution in [0.1, 0.15) is 30.9 Å². The Labute approximate surface area is 221 Å². The van der Waals surface area contributed by atoms with Gasteiger partial charge in [-0.25, -0.2) is 18.7 Å². The molecule has 3 aromatic rings.